The van der Waals surface area contributed by atoms with Crippen molar-refractivity contribution in [2.24, 2.45) is 13.0 Å². The molecule has 2 N–H and O–H groups in total. The highest BCUT2D eigenvalue weighted by Gasteiger charge is 2.52. The molecule has 0 aliphatic heterocycles. The van der Waals surface area contributed by atoms with E-state index in [2.05, 4.69) is 10.3 Å². The SMILES string of the molecule is Cn1ccnc1C1(NC(=O)OC(C)(C)C)CC(C(=O)O)C1. The quantitative estimate of drug-likeness (QED) is 0.884. The van der Waals surface area contributed by atoms with Crippen LogP contribution in [-0.2, 0) is 22.1 Å². The Morgan fingerprint density at radius 3 is 2.52 bits per heavy atom. The van der Waals surface area contributed by atoms with E-state index in [0.717, 1.165) is 0 Å². The van der Waals surface area contributed by atoms with E-state index in [-0.39, 0.29) is 0 Å². The van der Waals surface area contributed by atoms with Crippen LogP contribution in [0.3, 0.4) is 0 Å². The second-order valence-corrected chi connectivity index (χ2v) is 6.51. The maximum atomic E-state index is 12.0. The van der Waals surface area contributed by atoms with Gasteiger partial charge in [0, 0.05) is 19.4 Å². The molecule has 1 heterocycles. The van der Waals surface area contributed by atoms with Crippen molar-refractivity contribution in [1.82, 2.24) is 14.9 Å². The number of aliphatic carboxylic acids is 1. The van der Waals surface area contributed by atoms with E-state index in [0.29, 0.717) is 18.7 Å². The Kier molecular flexibility index (Phi) is 3.69. The summed E-state index contributed by atoms with van der Waals surface area (Å²) in [5.41, 5.74) is -1.38. The molecular formula is C14H21N3O4. The van der Waals surface area contributed by atoms with Crippen molar-refractivity contribution in [1.29, 1.82) is 0 Å². The van der Waals surface area contributed by atoms with E-state index in [1.807, 2.05) is 7.05 Å². The van der Waals surface area contributed by atoms with Crippen molar-refractivity contribution in [3.8, 4) is 0 Å². The lowest BCUT2D eigenvalue weighted by Crippen LogP contribution is -2.58. The molecule has 1 aromatic rings. The van der Waals surface area contributed by atoms with Crippen LogP contribution in [0.25, 0.3) is 0 Å². The molecule has 116 valence electrons. The lowest BCUT2D eigenvalue weighted by atomic mass is 9.67. The zero-order chi connectivity index (χ0) is 15.8. The maximum absolute atomic E-state index is 12.0. The number of amides is 1. The van der Waals surface area contributed by atoms with E-state index in [1.165, 1.54) is 0 Å². The normalized spacial score (nSPS) is 25.0. The molecule has 0 saturated heterocycles. The summed E-state index contributed by atoms with van der Waals surface area (Å²) in [6.45, 7) is 5.34. The second-order valence-electron chi connectivity index (χ2n) is 6.51. The molecule has 7 nitrogen and oxygen atoms in total. The summed E-state index contributed by atoms with van der Waals surface area (Å²) < 4.78 is 7.06. The second kappa shape index (κ2) is 5.05. The Morgan fingerprint density at radius 2 is 2.10 bits per heavy atom. The van der Waals surface area contributed by atoms with Gasteiger partial charge in [0.1, 0.15) is 17.0 Å². The number of carboxylic acids is 1. The summed E-state index contributed by atoms with van der Waals surface area (Å²) in [4.78, 5) is 27.4. The largest absolute Gasteiger partial charge is 0.481 e. The zero-order valence-electron chi connectivity index (χ0n) is 12.7. The molecule has 0 unspecified atom stereocenters. The fourth-order valence-corrected chi connectivity index (χ4v) is 2.62. The number of hydrogen-bond donors (Lipinski definition) is 2. The molecule has 1 amide bonds. The van der Waals surface area contributed by atoms with Gasteiger partial charge in [0.2, 0.25) is 0 Å². The zero-order valence-corrected chi connectivity index (χ0v) is 12.7. The fourth-order valence-electron chi connectivity index (χ4n) is 2.62. The van der Waals surface area contributed by atoms with Crippen molar-refractivity contribution in [2.75, 3.05) is 0 Å². The van der Waals surface area contributed by atoms with Gasteiger partial charge in [0.25, 0.3) is 0 Å². The minimum atomic E-state index is -0.856. The summed E-state index contributed by atoms with van der Waals surface area (Å²) in [5, 5.41) is 11.9. The average Bonchev–Trinajstić information content (AvgIpc) is 2.66. The molecule has 0 aromatic carbocycles. The van der Waals surface area contributed by atoms with E-state index in [4.69, 9.17) is 9.84 Å². The molecule has 0 bridgehead atoms. The summed E-state index contributed by atoms with van der Waals surface area (Å²) in [7, 11) is 1.81. The van der Waals surface area contributed by atoms with Crippen molar-refractivity contribution < 1.29 is 19.4 Å². The summed E-state index contributed by atoms with van der Waals surface area (Å²) in [6, 6.07) is 0. The minimum Gasteiger partial charge on any atom is -0.481 e. The summed E-state index contributed by atoms with van der Waals surface area (Å²) in [5.74, 6) is -0.687. The lowest BCUT2D eigenvalue weighted by Gasteiger charge is -2.45. The van der Waals surface area contributed by atoms with Crippen molar-refractivity contribution in [3.63, 3.8) is 0 Å². The topological polar surface area (TPSA) is 93.5 Å². The first-order chi connectivity index (χ1) is 9.63. The number of rotatable bonds is 3. The van der Waals surface area contributed by atoms with Crippen LogP contribution in [0.2, 0.25) is 0 Å². The van der Waals surface area contributed by atoms with Crippen LogP contribution in [0.5, 0.6) is 0 Å². The van der Waals surface area contributed by atoms with Crippen LogP contribution in [0.1, 0.15) is 39.4 Å². The molecule has 1 fully saturated rings. The standard InChI is InChI=1S/C14H21N3O4/c1-13(2,3)21-12(20)16-14(7-9(8-14)10(18)19)11-15-5-6-17(11)4/h5-6,9H,7-8H2,1-4H3,(H,16,20)(H,18,19). The predicted octanol–water partition coefficient (Wildman–Crippen LogP) is 1.63. The third kappa shape index (κ3) is 3.17. The Balaban J connectivity index is 2.18. The van der Waals surface area contributed by atoms with E-state index < -0.39 is 29.1 Å². The highest BCUT2D eigenvalue weighted by molar-refractivity contribution is 5.74. The van der Waals surface area contributed by atoms with Gasteiger partial charge in [-0.05, 0) is 33.6 Å². The van der Waals surface area contributed by atoms with Crippen LogP contribution in [0.15, 0.2) is 12.4 Å². The van der Waals surface area contributed by atoms with Gasteiger partial charge in [-0.1, -0.05) is 0 Å². The molecule has 1 aliphatic rings. The lowest BCUT2D eigenvalue weighted by molar-refractivity contribution is -0.148. The number of alkyl carbamates (subject to hydrolysis) is 1. The molecule has 2 rings (SSSR count). The Hall–Kier alpha value is -2.05. The molecular weight excluding hydrogens is 274 g/mol. The molecule has 1 aliphatic carbocycles. The first-order valence-electron chi connectivity index (χ1n) is 6.85. The van der Waals surface area contributed by atoms with Gasteiger partial charge in [-0.25, -0.2) is 9.78 Å². The number of carbonyl (C=O) groups is 2. The van der Waals surface area contributed by atoms with Gasteiger partial charge in [0.05, 0.1) is 5.92 Å². The highest BCUT2D eigenvalue weighted by Crippen LogP contribution is 2.45. The third-order valence-electron chi connectivity index (χ3n) is 3.53. The van der Waals surface area contributed by atoms with Crippen molar-refractivity contribution in [3.05, 3.63) is 18.2 Å². The first kappa shape index (κ1) is 15.3. The number of carboxylic acid groups (broad SMARTS) is 1. The Labute approximate surface area is 123 Å². The molecule has 0 spiro atoms. The smallest absolute Gasteiger partial charge is 0.408 e. The molecule has 0 atom stereocenters. The number of aromatic nitrogens is 2. The summed E-state index contributed by atoms with van der Waals surface area (Å²) in [6.07, 6.45) is 3.46. The van der Waals surface area contributed by atoms with Crippen molar-refractivity contribution >= 4 is 12.1 Å². The number of nitrogens with zero attached hydrogens (tertiary/aromatic N) is 2. The number of imidazole rings is 1. The molecule has 0 radical (unpaired) electrons. The van der Waals surface area contributed by atoms with E-state index >= 15 is 0 Å². The number of ether oxygens (including phenoxy) is 1. The van der Waals surface area contributed by atoms with E-state index in [9.17, 15) is 9.59 Å². The van der Waals surface area contributed by atoms with Gasteiger partial charge in [-0.3, -0.25) is 4.79 Å². The molecule has 7 heteroatoms. The maximum Gasteiger partial charge on any atom is 0.408 e. The number of carbonyl (C=O) groups excluding carboxylic acids is 1. The molecule has 1 saturated carbocycles. The number of nitrogens with one attached hydrogen (secondary N) is 1. The molecule has 1 aromatic heterocycles. The van der Waals surface area contributed by atoms with Crippen LogP contribution in [0.4, 0.5) is 4.79 Å². The number of hydrogen-bond acceptors (Lipinski definition) is 4. The monoisotopic (exact) mass is 295 g/mol. The number of aryl methyl sites for hydroxylation is 1. The van der Waals surface area contributed by atoms with Gasteiger partial charge in [0.15, 0.2) is 0 Å². The Morgan fingerprint density at radius 1 is 1.48 bits per heavy atom. The first-order valence-corrected chi connectivity index (χ1v) is 6.85. The van der Waals surface area contributed by atoms with Gasteiger partial charge in [-0.15, -0.1) is 0 Å². The van der Waals surface area contributed by atoms with Crippen LogP contribution < -0.4 is 5.32 Å². The summed E-state index contributed by atoms with van der Waals surface area (Å²) >= 11 is 0. The minimum absolute atomic E-state index is 0.312. The fraction of sp³-hybridized carbons (Fsp3) is 0.643. The van der Waals surface area contributed by atoms with Crippen LogP contribution >= 0.6 is 0 Å². The van der Waals surface area contributed by atoms with Crippen molar-refractivity contribution in [2.45, 2.75) is 44.8 Å². The van der Waals surface area contributed by atoms with Gasteiger partial charge in [-0.2, -0.15) is 0 Å². The Bertz CT molecular complexity index is 553. The van der Waals surface area contributed by atoms with Crippen LogP contribution in [-0.4, -0.2) is 32.3 Å². The highest BCUT2D eigenvalue weighted by atomic mass is 16.6. The average molecular weight is 295 g/mol. The van der Waals surface area contributed by atoms with Gasteiger partial charge < -0.3 is 19.7 Å². The molecule has 21 heavy (non-hydrogen) atoms. The van der Waals surface area contributed by atoms with E-state index in [1.54, 1.807) is 37.7 Å². The predicted molar refractivity (Wildman–Crippen MR) is 74.6 cm³/mol. The van der Waals surface area contributed by atoms with Gasteiger partial charge >= 0.3 is 12.1 Å². The third-order valence-corrected chi connectivity index (χ3v) is 3.53. The van der Waals surface area contributed by atoms with Crippen LogP contribution in [0, 0.1) is 5.92 Å².